The zero-order valence-corrected chi connectivity index (χ0v) is 8.69. The Kier molecular flexibility index (Phi) is 6.11. The summed E-state index contributed by atoms with van der Waals surface area (Å²) in [6, 6.07) is 0. The summed E-state index contributed by atoms with van der Waals surface area (Å²) < 4.78 is 0. The topological polar surface area (TPSA) is 32.3 Å². The van der Waals surface area contributed by atoms with Gasteiger partial charge in [-0.05, 0) is 34.0 Å². The highest BCUT2D eigenvalue weighted by molar-refractivity contribution is 6.30. The Bertz CT molecular complexity index is 137. The van der Waals surface area contributed by atoms with Gasteiger partial charge in [0.25, 0.3) is 0 Å². The molecule has 0 unspecified atom stereocenters. The average Bonchev–Trinajstić information content (AvgIpc) is 1.97. The SMILES string of the molecule is C[C@H](Cl)C(=O)NCCCN(C)C. The molecule has 0 heterocycles. The van der Waals surface area contributed by atoms with Crippen molar-refractivity contribution in [3.8, 4) is 0 Å². The molecule has 0 saturated heterocycles. The molecule has 3 nitrogen and oxygen atoms in total. The molecule has 0 aliphatic rings. The van der Waals surface area contributed by atoms with Gasteiger partial charge in [-0.3, -0.25) is 4.79 Å². The minimum atomic E-state index is -0.427. The summed E-state index contributed by atoms with van der Waals surface area (Å²) in [5, 5.41) is 2.31. The van der Waals surface area contributed by atoms with Gasteiger partial charge in [0.15, 0.2) is 0 Å². The molecule has 0 aromatic heterocycles. The lowest BCUT2D eigenvalue weighted by Gasteiger charge is -2.10. The highest BCUT2D eigenvalue weighted by atomic mass is 35.5. The van der Waals surface area contributed by atoms with E-state index in [-0.39, 0.29) is 5.91 Å². The highest BCUT2D eigenvalue weighted by Gasteiger charge is 2.06. The number of halogens is 1. The molecule has 1 N–H and O–H groups in total. The minimum absolute atomic E-state index is 0.0876. The summed E-state index contributed by atoms with van der Waals surface area (Å²) in [7, 11) is 4.01. The molecule has 1 atom stereocenters. The molecule has 0 bridgehead atoms. The molecule has 1 amide bonds. The third-order valence-electron chi connectivity index (χ3n) is 1.44. The normalized spacial score (nSPS) is 13.1. The number of nitrogens with zero attached hydrogens (tertiary/aromatic N) is 1. The molecule has 0 aliphatic heterocycles. The minimum Gasteiger partial charge on any atom is -0.355 e. The second-order valence-electron chi connectivity index (χ2n) is 3.06. The summed E-state index contributed by atoms with van der Waals surface area (Å²) in [6.45, 7) is 3.36. The van der Waals surface area contributed by atoms with Crippen LogP contribution in [0.15, 0.2) is 0 Å². The van der Waals surface area contributed by atoms with Crippen LogP contribution < -0.4 is 5.32 Å². The predicted molar refractivity (Wildman–Crippen MR) is 51.5 cm³/mol. The Morgan fingerprint density at radius 2 is 2.17 bits per heavy atom. The van der Waals surface area contributed by atoms with Crippen molar-refractivity contribution in [2.45, 2.75) is 18.7 Å². The van der Waals surface area contributed by atoms with E-state index in [1.54, 1.807) is 6.92 Å². The molecule has 72 valence electrons. The fourth-order valence-electron chi connectivity index (χ4n) is 0.748. The first kappa shape index (κ1) is 11.7. The van der Waals surface area contributed by atoms with Gasteiger partial charge in [-0.15, -0.1) is 11.6 Å². The number of alkyl halides is 1. The molecule has 0 spiro atoms. The van der Waals surface area contributed by atoms with Gasteiger partial charge in [0.2, 0.25) is 5.91 Å². The van der Waals surface area contributed by atoms with E-state index in [1.807, 2.05) is 14.1 Å². The van der Waals surface area contributed by atoms with Crippen LogP contribution in [0.5, 0.6) is 0 Å². The third-order valence-corrected chi connectivity index (χ3v) is 1.64. The van der Waals surface area contributed by atoms with E-state index in [1.165, 1.54) is 0 Å². The van der Waals surface area contributed by atoms with Crippen LogP contribution in [0.1, 0.15) is 13.3 Å². The van der Waals surface area contributed by atoms with Gasteiger partial charge in [-0.25, -0.2) is 0 Å². The smallest absolute Gasteiger partial charge is 0.237 e. The summed E-state index contributed by atoms with van der Waals surface area (Å²) >= 11 is 5.55. The van der Waals surface area contributed by atoms with Crippen LogP contribution in [0.25, 0.3) is 0 Å². The number of carbonyl (C=O) groups excluding carboxylic acids is 1. The van der Waals surface area contributed by atoms with E-state index in [2.05, 4.69) is 10.2 Å². The van der Waals surface area contributed by atoms with Crippen molar-refractivity contribution in [3.05, 3.63) is 0 Å². The van der Waals surface area contributed by atoms with Crippen LogP contribution in [0.3, 0.4) is 0 Å². The third kappa shape index (κ3) is 6.43. The summed E-state index contributed by atoms with van der Waals surface area (Å²) in [4.78, 5) is 13.0. The van der Waals surface area contributed by atoms with Crippen LogP contribution >= 0.6 is 11.6 Å². The van der Waals surface area contributed by atoms with Crippen molar-refractivity contribution in [1.82, 2.24) is 10.2 Å². The fourth-order valence-corrected chi connectivity index (χ4v) is 0.825. The van der Waals surface area contributed by atoms with Crippen molar-refractivity contribution in [2.75, 3.05) is 27.2 Å². The largest absolute Gasteiger partial charge is 0.355 e. The Labute approximate surface area is 79.1 Å². The van der Waals surface area contributed by atoms with Gasteiger partial charge in [-0.1, -0.05) is 0 Å². The summed E-state index contributed by atoms with van der Waals surface area (Å²) in [5.41, 5.74) is 0. The van der Waals surface area contributed by atoms with Crippen molar-refractivity contribution in [1.29, 1.82) is 0 Å². The zero-order chi connectivity index (χ0) is 9.56. The molecular weight excluding hydrogens is 176 g/mol. The fraction of sp³-hybridized carbons (Fsp3) is 0.875. The van der Waals surface area contributed by atoms with Gasteiger partial charge in [0.05, 0.1) is 0 Å². The Morgan fingerprint density at radius 1 is 1.58 bits per heavy atom. The monoisotopic (exact) mass is 192 g/mol. The number of amides is 1. The molecule has 0 saturated carbocycles. The van der Waals surface area contributed by atoms with Crippen LogP contribution in [0, 0.1) is 0 Å². The predicted octanol–water partition coefficient (Wildman–Crippen LogP) is 0.682. The van der Waals surface area contributed by atoms with Crippen molar-refractivity contribution in [2.24, 2.45) is 0 Å². The van der Waals surface area contributed by atoms with E-state index in [4.69, 9.17) is 11.6 Å². The second-order valence-corrected chi connectivity index (χ2v) is 3.72. The molecule has 0 rings (SSSR count). The summed E-state index contributed by atoms with van der Waals surface area (Å²) in [5.74, 6) is -0.0876. The van der Waals surface area contributed by atoms with E-state index in [9.17, 15) is 4.79 Å². The maximum atomic E-state index is 10.9. The zero-order valence-electron chi connectivity index (χ0n) is 7.93. The number of hydrogen-bond acceptors (Lipinski definition) is 2. The molecule has 0 aliphatic carbocycles. The summed E-state index contributed by atoms with van der Waals surface area (Å²) in [6.07, 6.45) is 0.961. The number of nitrogens with one attached hydrogen (secondary N) is 1. The Morgan fingerprint density at radius 3 is 2.58 bits per heavy atom. The van der Waals surface area contributed by atoms with Crippen molar-refractivity contribution < 1.29 is 4.79 Å². The van der Waals surface area contributed by atoms with E-state index in [0.717, 1.165) is 13.0 Å². The number of carbonyl (C=O) groups is 1. The number of rotatable bonds is 5. The second kappa shape index (κ2) is 6.26. The van der Waals surface area contributed by atoms with Crippen LogP contribution in [-0.2, 0) is 4.79 Å². The molecule has 0 aromatic rings. The lowest BCUT2D eigenvalue weighted by Crippen LogP contribution is -2.31. The van der Waals surface area contributed by atoms with Gasteiger partial charge in [0, 0.05) is 6.54 Å². The van der Waals surface area contributed by atoms with Crippen LogP contribution in [-0.4, -0.2) is 43.4 Å². The molecule has 0 radical (unpaired) electrons. The maximum absolute atomic E-state index is 10.9. The van der Waals surface area contributed by atoms with Gasteiger partial charge >= 0.3 is 0 Å². The molecule has 0 aromatic carbocycles. The van der Waals surface area contributed by atoms with Gasteiger partial charge in [0.1, 0.15) is 5.38 Å². The van der Waals surface area contributed by atoms with Gasteiger partial charge in [-0.2, -0.15) is 0 Å². The van der Waals surface area contributed by atoms with Crippen molar-refractivity contribution >= 4 is 17.5 Å². The Balaban J connectivity index is 3.26. The van der Waals surface area contributed by atoms with Crippen LogP contribution in [0.2, 0.25) is 0 Å². The van der Waals surface area contributed by atoms with Crippen LogP contribution in [0.4, 0.5) is 0 Å². The number of hydrogen-bond donors (Lipinski definition) is 1. The molecule has 4 heteroatoms. The standard InChI is InChI=1S/C8H17ClN2O/c1-7(9)8(12)10-5-4-6-11(2)3/h7H,4-6H2,1-3H3,(H,10,12)/t7-/m0/s1. The van der Waals surface area contributed by atoms with E-state index >= 15 is 0 Å². The quantitative estimate of drug-likeness (QED) is 0.514. The molecular formula is C8H17ClN2O. The average molecular weight is 193 g/mol. The maximum Gasteiger partial charge on any atom is 0.237 e. The van der Waals surface area contributed by atoms with Gasteiger partial charge < -0.3 is 10.2 Å². The highest BCUT2D eigenvalue weighted by Crippen LogP contribution is 1.92. The first-order valence-electron chi connectivity index (χ1n) is 4.10. The first-order valence-corrected chi connectivity index (χ1v) is 4.54. The lowest BCUT2D eigenvalue weighted by molar-refractivity contribution is -0.120. The van der Waals surface area contributed by atoms with E-state index in [0.29, 0.717) is 6.54 Å². The first-order chi connectivity index (χ1) is 5.54. The molecule has 12 heavy (non-hydrogen) atoms. The molecule has 0 fully saturated rings. The van der Waals surface area contributed by atoms with Crippen molar-refractivity contribution in [3.63, 3.8) is 0 Å². The van der Waals surface area contributed by atoms with E-state index < -0.39 is 5.38 Å². The Hall–Kier alpha value is -0.280. The lowest BCUT2D eigenvalue weighted by atomic mass is 10.3.